The number of nitrogens with one attached hydrogen (secondary N) is 2. The Morgan fingerprint density at radius 2 is 1.62 bits per heavy atom. The largest absolute Gasteiger partial charge is 0.444 e. The zero-order valence-electron chi connectivity index (χ0n) is 25.0. The second-order valence-corrected chi connectivity index (χ2v) is 11.6. The maximum absolute atomic E-state index is 14.2. The Hall–Kier alpha value is -3.35. The number of aryl methyl sites for hydroxylation is 2. The fraction of sp³-hybridized carbons (Fsp3) is 0.531. The maximum Gasteiger partial charge on any atom is 0.408 e. The first kappa shape index (κ1) is 31.9. The molecule has 2 atom stereocenters. The second-order valence-electron chi connectivity index (χ2n) is 11.6. The Morgan fingerprint density at radius 3 is 2.18 bits per heavy atom. The molecule has 2 N–H and O–H groups in total. The van der Waals surface area contributed by atoms with Crippen molar-refractivity contribution in [1.29, 1.82) is 0 Å². The molecule has 0 fully saturated rings. The van der Waals surface area contributed by atoms with Crippen LogP contribution in [-0.4, -0.2) is 41.0 Å². The highest BCUT2D eigenvalue weighted by Crippen LogP contribution is 2.27. The molecule has 2 rings (SSSR count). The van der Waals surface area contributed by atoms with Crippen LogP contribution >= 0.6 is 0 Å². The standard InChI is InChI=1S/C32H47N3O4/c1-9-10-14-19-35(30(37)27(22(2)3)34-31(38)39-32(6,7)8)28(26-18-17-23(4)24(5)20-26)29(36)33-21-25-15-12-11-13-16-25/h11-13,15-18,20,22,27-28H,9-10,14,19,21H2,1-8H3,(H,33,36)(H,34,38). The van der Waals surface area contributed by atoms with Gasteiger partial charge in [0.25, 0.3) is 0 Å². The molecular weight excluding hydrogens is 490 g/mol. The highest BCUT2D eigenvalue weighted by atomic mass is 16.6. The van der Waals surface area contributed by atoms with Gasteiger partial charge in [0.2, 0.25) is 11.8 Å². The molecule has 2 aromatic rings. The third-order valence-corrected chi connectivity index (χ3v) is 6.61. The smallest absolute Gasteiger partial charge is 0.408 e. The summed E-state index contributed by atoms with van der Waals surface area (Å²) in [5.41, 5.74) is 3.17. The van der Waals surface area contributed by atoms with Crippen LogP contribution in [0.4, 0.5) is 4.79 Å². The molecular formula is C32H47N3O4. The minimum absolute atomic E-state index is 0.216. The third-order valence-electron chi connectivity index (χ3n) is 6.61. The van der Waals surface area contributed by atoms with Crippen molar-refractivity contribution in [3.63, 3.8) is 0 Å². The number of amides is 3. The van der Waals surface area contributed by atoms with Crippen LogP contribution in [0.3, 0.4) is 0 Å². The number of carbonyl (C=O) groups excluding carboxylic acids is 3. The van der Waals surface area contributed by atoms with E-state index in [1.54, 1.807) is 25.7 Å². The van der Waals surface area contributed by atoms with E-state index in [0.717, 1.165) is 41.5 Å². The van der Waals surface area contributed by atoms with Crippen molar-refractivity contribution in [2.45, 2.75) is 98.9 Å². The molecule has 0 spiro atoms. The molecule has 2 unspecified atom stereocenters. The van der Waals surface area contributed by atoms with Crippen molar-refractivity contribution in [3.8, 4) is 0 Å². The van der Waals surface area contributed by atoms with Crippen LogP contribution in [0.25, 0.3) is 0 Å². The van der Waals surface area contributed by atoms with E-state index < -0.39 is 23.8 Å². The van der Waals surface area contributed by atoms with E-state index in [9.17, 15) is 14.4 Å². The first-order chi connectivity index (χ1) is 18.3. The van der Waals surface area contributed by atoms with Gasteiger partial charge < -0.3 is 20.3 Å². The molecule has 0 saturated heterocycles. The summed E-state index contributed by atoms with van der Waals surface area (Å²) < 4.78 is 5.46. The Balaban J connectivity index is 2.49. The van der Waals surface area contributed by atoms with Gasteiger partial charge in [0, 0.05) is 13.1 Å². The molecule has 0 aliphatic rings. The SMILES string of the molecule is CCCCCN(C(=O)C(NC(=O)OC(C)(C)C)C(C)C)C(C(=O)NCc1ccccc1)c1ccc(C)c(C)c1. The molecule has 0 aliphatic heterocycles. The van der Waals surface area contributed by atoms with Crippen molar-refractivity contribution in [1.82, 2.24) is 15.5 Å². The number of hydrogen-bond acceptors (Lipinski definition) is 4. The summed E-state index contributed by atoms with van der Waals surface area (Å²) in [5, 5.41) is 5.84. The summed E-state index contributed by atoms with van der Waals surface area (Å²) in [6, 6.07) is 13.9. The van der Waals surface area contributed by atoms with Gasteiger partial charge in [0.05, 0.1) is 0 Å². The van der Waals surface area contributed by atoms with Crippen molar-refractivity contribution in [2.75, 3.05) is 6.54 Å². The average Bonchev–Trinajstić information content (AvgIpc) is 2.86. The summed E-state index contributed by atoms with van der Waals surface area (Å²) in [5.74, 6) is -0.775. The van der Waals surface area contributed by atoms with E-state index >= 15 is 0 Å². The molecule has 7 heteroatoms. The van der Waals surface area contributed by atoms with Gasteiger partial charge >= 0.3 is 6.09 Å². The lowest BCUT2D eigenvalue weighted by molar-refractivity contribution is -0.143. The van der Waals surface area contributed by atoms with Gasteiger partial charge in [0.1, 0.15) is 17.7 Å². The number of hydrogen-bond donors (Lipinski definition) is 2. The van der Waals surface area contributed by atoms with Gasteiger partial charge in [-0.3, -0.25) is 9.59 Å². The van der Waals surface area contributed by atoms with Crippen LogP contribution in [0.5, 0.6) is 0 Å². The van der Waals surface area contributed by atoms with Crippen LogP contribution in [0.15, 0.2) is 48.5 Å². The first-order valence-corrected chi connectivity index (χ1v) is 14.0. The second kappa shape index (κ2) is 14.7. The van der Waals surface area contributed by atoms with Crippen LogP contribution in [0.1, 0.15) is 89.1 Å². The van der Waals surface area contributed by atoms with Gasteiger partial charge in [0.15, 0.2) is 0 Å². The van der Waals surface area contributed by atoms with Crippen LogP contribution in [-0.2, 0) is 20.9 Å². The Kier molecular flexibility index (Phi) is 12.0. The summed E-state index contributed by atoms with van der Waals surface area (Å²) >= 11 is 0. The Labute approximate surface area is 234 Å². The van der Waals surface area contributed by atoms with E-state index in [1.165, 1.54) is 0 Å². The monoisotopic (exact) mass is 537 g/mol. The van der Waals surface area contributed by atoms with E-state index in [-0.39, 0.29) is 17.7 Å². The number of nitrogens with zero attached hydrogens (tertiary/aromatic N) is 1. The van der Waals surface area contributed by atoms with E-state index in [1.807, 2.05) is 76.2 Å². The number of alkyl carbamates (subject to hydrolysis) is 1. The van der Waals surface area contributed by atoms with Gasteiger partial charge in [-0.25, -0.2) is 4.79 Å². The molecule has 214 valence electrons. The van der Waals surface area contributed by atoms with Crippen molar-refractivity contribution >= 4 is 17.9 Å². The summed E-state index contributed by atoms with van der Waals surface area (Å²) in [6.45, 7) is 16.0. The predicted molar refractivity (Wildman–Crippen MR) is 156 cm³/mol. The molecule has 2 aromatic carbocycles. The quantitative estimate of drug-likeness (QED) is 0.314. The molecule has 0 saturated carbocycles. The molecule has 0 aliphatic carbocycles. The van der Waals surface area contributed by atoms with Gasteiger partial charge in [-0.1, -0.05) is 82.1 Å². The van der Waals surface area contributed by atoms with Crippen LogP contribution in [0.2, 0.25) is 0 Å². The maximum atomic E-state index is 14.2. The number of ether oxygens (including phenoxy) is 1. The molecule has 0 bridgehead atoms. The number of carbonyl (C=O) groups is 3. The number of unbranched alkanes of at least 4 members (excludes halogenated alkanes) is 2. The highest BCUT2D eigenvalue weighted by molar-refractivity contribution is 5.92. The van der Waals surface area contributed by atoms with Crippen LogP contribution < -0.4 is 10.6 Å². The highest BCUT2D eigenvalue weighted by Gasteiger charge is 2.37. The first-order valence-electron chi connectivity index (χ1n) is 14.0. The zero-order chi connectivity index (χ0) is 29.2. The Morgan fingerprint density at radius 1 is 0.949 bits per heavy atom. The van der Waals surface area contributed by atoms with E-state index in [2.05, 4.69) is 17.6 Å². The topological polar surface area (TPSA) is 87.7 Å². The normalized spacial score (nSPS) is 12.9. The fourth-order valence-electron chi connectivity index (χ4n) is 4.31. The lowest BCUT2D eigenvalue weighted by Crippen LogP contribution is -2.55. The molecule has 0 heterocycles. The van der Waals surface area contributed by atoms with E-state index in [4.69, 9.17) is 4.74 Å². The number of benzene rings is 2. The average molecular weight is 538 g/mol. The van der Waals surface area contributed by atoms with Crippen LogP contribution in [0, 0.1) is 19.8 Å². The van der Waals surface area contributed by atoms with E-state index in [0.29, 0.717) is 13.1 Å². The zero-order valence-corrected chi connectivity index (χ0v) is 25.0. The Bertz CT molecular complexity index is 1090. The molecule has 0 aromatic heterocycles. The third kappa shape index (κ3) is 10.0. The molecule has 39 heavy (non-hydrogen) atoms. The summed E-state index contributed by atoms with van der Waals surface area (Å²) in [4.78, 5) is 42.4. The van der Waals surface area contributed by atoms with Crippen molar-refractivity contribution < 1.29 is 19.1 Å². The lowest BCUT2D eigenvalue weighted by atomic mass is 9.96. The minimum atomic E-state index is -0.850. The molecule has 7 nitrogen and oxygen atoms in total. The number of rotatable bonds is 12. The molecule has 3 amide bonds. The summed E-state index contributed by atoms with van der Waals surface area (Å²) in [7, 11) is 0. The van der Waals surface area contributed by atoms with Gasteiger partial charge in [-0.05, 0) is 69.2 Å². The van der Waals surface area contributed by atoms with Crippen molar-refractivity contribution in [2.24, 2.45) is 5.92 Å². The van der Waals surface area contributed by atoms with Gasteiger partial charge in [-0.2, -0.15) is 0 Å². The molecule has 0 radical (unpaired) electrons. The fourth-order valence-corrected chi connectivity index (χ4v) is 4.31. The minimum Gasteiger partial charge on any atom is -0.444 e. The lowest BCUT2D eigenvalue weighted by Gasteiger charge is -2.36. The van der Waals surface area contributed by atoms with Gasteiger partial charge in [-0.15, -0.1) is 0 Å². The predicted octanol–water partition coefficient (Wildman–Crippen LogP) is 6.23. The van der Waals surface area contributed by atoms with Crippen molar-refractivity contribution in [3.05, 3.63) is 70.8 Å². The summed E-state index contributed by atoms with van der Waals surface area (Å²) in [6.07, 6.45) is 1.98.